The van der Waals surface area contributed by atoms with E-state index >= 15 is 0 Å². The number of anilines is 1. The summed E-state index contributed by atoms with van der Waals surface area (Å²) in [6.07, 6.45) is 5.59. The fourth-order valence-electron chi connectivity index (χ4n) is 5.57. The minimum atomic E-state index is -3.68. The zero-order valence-electron chi connectivity index (χ0n) is 25.0. The van der Waals surface area contributed by atoms with Gasteiger partial charge < -0.3 is 15.0 Å². The molecule has 0 heterocycles. The van der Waals surface area contributed by atoms with Gasteiger partial charge in [0.25, 0.3) is 0 Å². The lowest BCUT2D eigenvalue weighted by Crippen LogP contribution is -2.52. The van der Waals surface area contributed by atoms with E-state index in [4.69, 9.17) is 27.9 Å². The third kappa shape index (κ3) is 9.13. The molecule has 0 aromatic heterocycles. The van der Waals surface area contributed by atoms with Gasteiger partial charge in [-0.15, -0.1) is 0 Å². The van der Waals surface area contributed by atoms with E-state index in [2.05, 4.69) is 5.32 Å². The first-order valence-electron chi connectivity index (χ1n) is 14.7. The van der Waals surface area contributed by atoms with Crippen LogP contribution in [0.5, 0.6) is 5.75 Å². The summed E-state index contributed by atoms with van der Waals surface area (Å²) in [5, 5.41) is 4.04. The predicted octanol–water partition coefficient (Wildman–Crippen LogP) is 6.25. The van der Waals surface area contributed by atoms with Crippen LogP contribution < -0.4 is 14.4 Å². The standard InChI is InChI=1S/C33H39Cl2N3O5S/c1-43-31-16-9-8-15-29(31)38(44(2,41)42)20-10-17-32(39)37(23-25-18-19-26(34)22-28(25)35)30(21-24-11-4-3-5-12-24)33(40)36-27-13-6-7-14-27/h3-5,8-9,11-12,15-16,18-19,22,27,30H,6-7,10,13-14,17,20-21,23H2,1-2H3,(H,36,40). The number of carbonyl (C=O) groups is 2. The third-order valence-electron chi connectivity index (χ3n) is 7.83. The van der Waals surface area contributed by atoms with Crippen molar-refractivity contribution in [3.8, 4) is 5.75 Å². The Bertz CT molecular complexity index is 1530. The van der Waals surface area contributed by atoms with Gasteiger partial charge in [-0.1, -0.05) is 84.6 Å². The summed E-state index contributed by atoms with van der Waals surface area (Å²) in [5.41, 5.74) is 1.97. The van der Waals surface area contributed by atoms with Gasteiger partial charge in [0.15, 0.2) is 0 Å². The van der Waals surface area contributed by atoms with Gasteiger partial charge in [-0.3, -0.25) is 13.9 Å². The molecule has 1 unspecified atom stereocenters. The number of ether oxygens (including phenoxy) is 1. The highest BCUT2D eigenvalue weighted by Gasteiger charge is 2.32. The van der Waals surface area contributed by atoms with E-state index < -0.39 is 16.1 Å². The van der Waals surface area contributed by atoms with Crippen LogP contribution in [0.15, 0.2) is 72.8 Å². The number of hydrogen-bond acceptors (Lipinski definition) is 5. The van der Waals surface area contributed by atoms with E-state index in [1.165, 1.54) is 11.4 Å². The van der Waals surface area contributed by atoms with Crippen molar-refractivity contribution in [2.45, 2.75) is 63.6 Å². The normalized spacial score (nSPS) is 14.2. The lowest BCUT2D eigenvalue weighted by Gasteiger charge is -2.33. The average Bonchev–Trinajstić information content (AvgIpc) is 3.51. The Morgan fingerprint density at radius 3 is 2.34 bits per heavy atom. The molecule has 0 aliphatic heterocycles. The van der Waals surface area contributed by atoms with Crippen molar-refractivity contribution in [1.82, 2.24) is 10.2 Å². The lowest BCUT2D eigenvalue weighted by atomic mass is 10.0. The van der Waals surface area contributed by atoms with E-state index in [1.54, 1.807) is 47.4 Å². The van der Waals surface area contributed by atoms with Crippen LogP contribution in [0.3, 0.4) is 0 Å². The largest absolute Gasteiger partial charge is 0.495 e. The van der Waals surface area contributed by atoms with Crippen molar-refractivity contribution >= 4 is 50.7 Å². The molecule has 1 fully saturated rings. The first kappa shape index (κ1) is 33.6. The zero-order chi connectivity index (χ0) is 31.7. The maximum Gasteiger partial charge on any atom is 0.243 e. The predicted molar refractivity (Wildman–Crippen MR) is 176 cm³/mol. The summed E-state index contributed by atoms with van der Waals surface area (Å²) >= 11 is 12.7. The maximum atomic E-state index is 14.1. The smallest absolute Gasteiger partial charge is 0.243 e. The molecule has 3 aromatic carbocycles. The van der Waals surface area contributed by atoms with Crippen LogP contribution in [0, 0.1) is 0 Å². The van der Waals surface area contributed by atoms with Crippen molar-refractivity contribution in [3.05, 3.63) is 94.0 Å². The van der Waals surface area contributed by atoms with Crippen LogP contribution in [-0.4, -0.2) is 57.1 Å². The van der Waals surface area contributed by atoms with Crippen molar-refractivity contribution in [2.75, 3.05) is 24.2 Å². The maximum absolute atomic E-state index is 14.1. The van der Waals surface area contributed by atoms with Crippen LogP contribution in [0.4, 0.5) is 5.69 Å². The SMILES string of the molecule is COc1ccccc1N(CCCC(=O)N(Cc1ccc(Cl)cc1Cl)C(Cc1ccccc1)C(=O)NC1CCCC1)S(C)(=O)=O. The minimum absolute atomic E-state index is 0.00831. The lowest BCUT2D eigenvalue weighted by molar-refractivity contribution is -0.141. The molecule has 1 atom stereocenters. The molecule has 2 amide bonds. The first-order valence-corrected chi connectivity index (χ1v) is 17.4. The van der Waals surface area contributed by atoms with Gasteiger partial charge in [-0.25, -0.2) is 8.42 Å². The molecule has 0 spiro atoms. The average molecular weight is 661 g/mol. The number of amides is 2. The number of nitrogens with one attached hydrogen (secondary N) is 1. The number of rotatable bonds is 14. The molecule has 236 valence electrons. The molecule has 3 aromatic rings. The first-order chi connectivity index (χ1) is 21.1. The number of carbonyl (C=O) groups excluding carboxylic acids is 2. The van der Waals surface area contributed by atoms with Gasteiger partial charge in [0.05, 0.1) is 19.1 Å². The molecule has 0 radical (unpaired) electrons. The van der Waals surface area contributed by atoms with Crippen LogP contribution >= 0.6 is 23.2 Å². The number of benzene rings is 3. The number of nitrogens with zero attached hydrogens (tertiary/aromatic N) is 2. The Hall–Kier alpha value is -3.27. The molecule has 8 nitrogen and oxygen atoms in total. The van der Waals surface area contributed by atoms with Gasteiger partial charge in [0.1, 0.15) is 11.8 Å². The Labute approximate surface area is 270 Å². The number of halogens is 2. The highest BCUT2D eigenvalue weighted by atomic mass is 35.5. The van der Waals surface area contributed by atoms with E-state index in [0.29, 0.717) is 33.5 Å². The molecule has 1 aliphatic rings. The van der Waals surface area contributed by atoms with Crippen molar-refractivity contribution in [2.24, 2.45) is 0 Å². The third-order valence-corrected chi connectivity index (χ3v) is 9.60. The monoisotopic (exact) mass is 659 g/mol. The quantitative estimate of drug-likeness (QED) is 0.221. The molecule has 44 heavy (non-hydrogen) atoms. The molecule has 11 heteroatoms. The highest BCUT2D eigenvalue weighted by molar-refractivity contribution is 7.92. The molecule has 0 saturated heterocycles. The van der Waals surface area contributed by atoms with Crippen LogP contribution in [0.25, 0.3) is 0 Å². The Balaban J connectivity index is 1.62. The Kier molecular flexibility index (Phi) is 11.9. The van der Waals surface area contributed by atoms with Gasteiger partial charge >= 0.3 is 0 Å². The second-order valence-electron chi connectivity index (χ2n) is 11.1. The summed E-state index contributed by atoms with van der Waals surface area (Å²) < 4.78 is 32.2. The number of para-hydroxylation sites is 2. The van der Waals surface area contributed by atoms with Crippen molar-refractivity contribution in [1.29, 1.82) is 0 Å². The molecule has 4 rings (SSSR count). The Morgan fingerprint density at radius 2 is 1.68 bits per heavy atom. The zero-order valence-corrected chi connectivity index (χ0v) is 27.4. The van der Waals surface area contributed by atoms with E-state index in [0.717, 1.165) is 37.5 Å². The fourth-order valence-corrected chi connectivity index (χ4v) is 7.01. The summed E-state index contributed by atoms with van der Waals surface area (Å²) in [5.74, 6) is -0.0901. The van der Waals surface area contributed by atoms with Crippen LogP contribution in [0.2, 0.25) is 10.0 Å². The van der Waals surface area contributed by atoms with E-state index in [1.807, 2.05) is 30.3 Å². The second kappa shape index (κ2) is 15.6. The topological polar surface area (TPSA) is 96.0 Å². The molecular weight excluding hydrogens is 621 g/mol. The van der Waals surface area contributed by atoms with E-state index in [-0.39, 0.29) is 43.8 Å². The molecule has 1 N–H and O–H groups in total. The van der Waals surface area contributed by atoms with E-state index in [9.17, 15) is 18.0 Å². The van der Waals surface area contributed by atoms with Gasteiger partial charge in [-0.2, -0.15) is 0 Å². The molecule has 0 bridgehead atoms. The fraction of sp³-hybridized carbons (Fsp3) is 0.394. The van der Waals surface area contributed by atoms with Gasteiger partial charge in [-0.05, 0) is 54.7 Å². The minimum Gasteiger partial charge on any atom is -0.495 e. The number of methoxy groups -OCH3 is 1. The van der Waals surface area contributed by atoms with Gasteiger partial charge in [0.2, 0.25) is 21.8 Å². The summed E-state index contributed by atoms with van der Waals surface area (Å²) in [4.78, 5) is 29.5. The van der Waals surface area contributed by atoms with Crippen LogP contribution in [-0.2, 0) is 32.6 Å². The Morgan fingerprint density at radius 1 is 1.00 bits per heavy atom. The molecular formula is C33H39Cl2N3O5S. The van der Waals surface area contributed by atoms with Crippen LogP contribution in [0.1, 0.15) is 49.7 Å². The van der Waals surface area contributed by atoms with Crippen molar-refractivity contribution in [3.63, 3.8) is 0 Å². The summed E-state index contributed by atoms with van der Waals surface area (Å²) in [6.45, 7) is 0.144. The van der Waals surface area contributed by atoms with Gasteiger partial charge in [0, 0.05) is 42.0 Å². The second-order valence-corrected chi connectivity index (χ2v) is 13.8. The summed E-state index contributed by atoms with van der Waals surface area (Å²) in [7, 11) is -2.20. The highest BCUT2D eigenvalue weighted by Crippen LogP contribution is 2.30. The number of hydrogen-bond donors (Lipinski definition) is 1. The number of sulfonamides is 1. The molecule has 1 aliphatic carbocycles. The summed E-state index contributed by atoms with van der Waals surface area (Å²) in [6, 6.07) is 20.8. The molecule has 1 saturated carbocycles. The van der Waals surface area contributed by atoms with Crippen molar-refractivity contribution < 1.29 is 22.7 Å².